The summed E-state index contributed by atoms with van der Waals surface area (Å²) in [6, 6.07) is 0. The molecule has 4 unspecified atom stereocenters. The van der Waals surface area contributed by atoms with Crippen molar-refractivity contribution in [1.29, 1.82) is 0 Å². The van der Waals surface area contributed by atoms with Crippen LogP contribution < -0.4 is 0 Å². The molecule has 0 saturated heterocycles. The van der Waals surface area contributed by atoms with Crippen molar-refractivity contribution in [3.8, 4) is 0 Å². The maximum absolute atomic E-state index is 10.8. The van der Waals surface area contributed by atoms with Gasteiger partial charge >= 0.3 is 0 Å². The summed E-state index contributed by atoms with van der Waals surface area (Å²) in [5.74, 6) is 0. The number of hydrogen-bond donors (Lipinski definition) is 2. The Morgan fingerprint density at radius 1 is 1.00 bits per heavy atom. The quantitative estimate of drug-likeness (QED) is 0.679. The van der Waals surface area contributed by atoms with E-state index in [0.717, 1.165) is 0 Å². The Balaban J connectivity index is 4.44. The molecule has 0 radical (unpaired) electrons. The van der Waals surface area contributed by atoms with E-state index in [1.165, 1.54) is 0 Å². The number of hydrogen-bond acceptors (Lipinski definition) is 2. The van der Waals surface area contributed by atoms with Crippen molar-refractivity contribution in [2.45, 2.75) is 38.0 Å². The molecular formula is C6H16O4P2. The van der Waals surface area contributed by atoms with Gasteiger partial charge in [-0.2, -0.15) is 0 Å². The summed E-state index contributed by atoms with van der Waals surface area (Å²) in [5, 5.41) is 0. The van der Waals surface area contributed by atoms with E-state index in [4.69, 9.17) is 9.79 Å². The first kappa shape index (κ1) is 12.4. The molecule has 0 aromatic carbocycles. The first-order valence-electron chi connectivity index (χ1n) is 4.00. The average molecular weight is 214 g/mol. The zero-order valence-corrected chi connectivity index (χ0v) is 9.28. The zero-order chi connectivity index (χ0) is 9.72. The smallest absolute Gasteiger partial charge is 0.192 e. The minimum Gasteiger partial charge on any atom is -0.346 e. The molecule has 12 heavy (non-hydrogen) atoms. The molecule has 0 saturated carbocycles. The Kier molecular flexibility index (Phi) is 6.12. The Morgan fingerprint density at radius 2 is 1.25 bits per heavy atom. The minimum absolute atomic E-state index is 0.489. The minimum atomic E-state index is -2.66. The van der Waals surface area contributed by atoms with E-state index in [0.29, 0.717) is 12.8 Å². The summed E-state index contributed by atoms with van der Waals surface area (Å²) < 4.78 is 21.6. The second-order valence-electron chi connectivity index (χ2n) is 2.71. The van der Waals surface area contributed by atoms with Crippen LogP contribution in [0.25, 0.3) is 0 Å². The lowest BCUT2D eigenvalue weighted by atomic mass is 10.2. The SMILES string of the molecule is CCC(C(CC)[PH](=O)O)[PH](=O)O. The summed E-state index contributed by atoms with van der Waals surface area (Å²) in [6.45, 7) is 3.52. The highest BCUT2D eigenvalue weighted by Crippen LogP contribution is 2.40. The summed E-state index contributed by atoms with van der Waals surface area (Å²) in [7, 11) is -5.33. The Hall–Kier alpha value is 0.380. The third-order valence-electron chi connectivity index (χ3n) is 2.00. The molecule has 0 heterocycles. The number of rotatable bonds is 5. The predicted molar refractivity (Wildman–Crippen MR) is 50.6 cm³/mol. The molecule has 0 aromatic rings. The molecule has 74 valence electrons. The molecule has 2 N–H and O–H groups in total. The van der Waals surface area contributed by atoms with E-state index in [1.54, 1.807) is 13.8 Å². The summed E-state index contributed by atoms with van der Waals surface area (Å²) in [4.78, 5) is 17.8. The van der Waals surface area contributed by atoms with Crippen molar-refractivity contribution in [3.63, 3.8) is 0 Å². The zero-order valence-electron chi connectivity index (χ0n) is 7.28. The van der Waals surface area contributed by atoms with E-state index < -0.39 is 27.4 Å². The van der Waals surface area contributed by atoms with Gasteiger partial charge in [-0.25, -0.2) is 0 Å². The van der Waals surface area contributed by atoms with Crippen molar-refractivity contribution in [2.75, 3.05) is 0 Å². The van der Waals surface area contributed by atoms with E-state index in [1.807, 2.05) is 0 Å². The predicted octanol–water partition coefficient (Wildman–Crippen LogP) is 1.48. The maximum Gasteiger partial charge on any atom is 0.192 e. The van der Waals surface area contributed by atoms with Gasteiger partial charge in [-0.05, 0) is 12.8 Å². The van der Waals surface area contributed by atoms with Crippen LogP contribution in [0.5, 0.6) is 0 Å². The van der Waals surface area contributed by atoms with Crippen LogP contribution in [0.15, 0.2) is 0 Å². The van der Waals surface area contributed by atoms with Gasteiger partial charge in [0.25, 0.3) is 0 Å². The molecule has 0 aliphatic heterocycles. The summed E-state index contributed by atoms with van der Waals surface area (Å²) in [6.07, 6.45) is 0.980. The van der Waals surface area contributed by atoms with Gasteiger partial charge < -0.3 is 9.79 Å². The average Bonchev–Trinajstić information content (AvgIpc) is 1.98. The lowest BCUT2D eigenvalue weighted by Gasteiger charge is -2.19. The van der Waals surface area contributed by atoms with Gasteiger partial charge in [0, 0.05) is 11.3 Å². The van der Waals surface area contributed by atoms with Crippen LogP contribution in [0, 0.1) is 0 Å². The molecule has 0 spiro atoms. The molecule has 0 bridgehead atoms. The Bertz CT molecular complexity index is 162. The summed E-state index contributed by atoms with van der Waals surface area (Å²) in [5.41, 5.74) is -0.979. The van der Waals surface area contributed by atoms with Crippen molar-refractivity contribution < 1.29 is 18.9 Å². The van der Waals surface area contributed by atoms with E-state index in [9.17, 15) is 9.13 Å². The maximum atomic E-state index is 10.8. The first-order chi connectivity index (χ1) is 5.54. The van der Waals surface area contributed by atoms with Gasteiger partial charge in [-0.1, -0.05) is 13.8 Å². The fourth-order valence-corrected chi connectivity index (χ4v) is 3.98. The topological polar surface area (TPSA) is 74.6 Å². The third kappa shape index (κ3) is 3.40. The van der Waals surface area contributed by atoms with E-state index >= 15 is 0 Å². The van der Waals surface area contributed by atoms with Gasteiger partial charge in [-0.3, -0.25) is 9.13 Å². The van der Waals surface area contributed by atoms with Crippen LogP contribution in [-0.2, 0) is 9.13 Å². The molecule has 0 rings (SSSR count). The van der Waals surface area contributed by atoms with E-state index in [-0.39, 0.29) is 0 Å². The van der Waals surface area contributed by atoms with Crippen molar-refractivity contribution in [3.05, 3.63) is 0 Å². The highest BCUT2D eigenvalue weighted by molar-refractivity contribution is 7.43. The third-order valence-corrected chi connectivity index (χ3v) is 5.22. The van der Waals surface area contributed by atoms with Crippen molar-refractivity contribution in [2.24, 2.45) is 0 Å². The molecule has 0 aromatic heterocycles. The van der Waals surface area contributed by atoms with Crippen LogP contribution in [0.3, 0.4) is 0 Å². The normalized spacial score (nSPS) is 21.3. The first-order valence-corrected chi connectivity index (χ1v) is 6.86. The van der Waals surface area contributed by atoms with Gasteiger partial charge in [0.15, 0.2) is 16.1 Å². The van der Waals surface area contributed by atoms with Crippen molar-refractivity contribution in [1.82, 2.24) is 0 Å². The van der Waals surface area contributed by atoms with Crippen LogP contribution in [-0.4, -0.2) is 21.1 Å². The lowest BCUT2D eigenvalue weighted by molar-refractivity contribution is 0.456. The second kappa shape index (κ2) is 5.93. The lowest BCUT2D eigenvalue weighted by Crippen LogP contribution is -2.17. The molecule has 0 aliphatic rings. The van der Waals surface area contributed by atoms with Gasteiger partial charge in [0.2, 0.25) is 0 Å². The molecular weight excluding hydrogens is 198 g/mol. The van der Waals surface area contributed by atoms with Crippen LogP contribution in [0.2, 0.25) is 0 Å². The van der Waals surface area contributed by atoms with Crippen LogP contribution in [0.1, 0.15) is 26.7 Å². The Labute approximate surface area is 73.7 Å². The van der Waals surface area contributed by atoms with Crippen molar-refractivity contribution >= 4 is 16.1 Å². The van der Waals surface area contributed by atoms with Crippen LogP contribution in [0.4, 0.5) is 0 Å². The molecule has 4 nitrogen and oxygen atoms in total. The molecule has 0 fully saturated rings. The highest BCUT2D eigenvalue weighted by atomic mass is 31.1. The molecule has 4 atom stereocenters. The van der Waals surface area contributed by atoms with Gasteiger partial charge in [0.1, 0.15) is 0 Å². The monoisotopic (exact) mass is 214 g/mol. The highest BCUT2D eigenvalue weighted by Gasteiger charge is 2.26. The molecule has 6 heteroatoms. The van der Waals surface area contributed by atoms with Crippen LogP contribution >= 0.6 is 16.1 Å². The van der Waals surface area contributed by atoms with E-state index in [2.05, 4.69) is 0 Å². The Morgan fingerprint density at radius 3 is 1.33 bits per heavy atom. The standard InChI is InChI=1S/C6H16O4P2/c1-3-5(11(7)8)6(4-2)12(9)10/h5-6,11-12H,3-4H2,1-2H3,(H,7,8)(H,9,10). The fourth-order valence-electron chi connectivity index (χ4n) is 1.26. The fraction of sp³-hybridized carbons (Fsp3) is 1.00. The van der Waals surface area contributed by atoms with Gasteiger partial charge in [-0.15, -0.1) is 0 Å². The van der Waals surface area contributed by atoms with Gasteiger partial charge in [0.05, 0.1) is 0 Å². The second-order valence-corrected chi connectivity index (χ2v) is 5.54. The largest absolute Gasteiger partial charge is 0.346 e. The summed E-state index contributed by atoms with van der Waals surface area (Å²) >= 11 is 0. The molecule has 0 aliphatic carbocycles. The molecule has 0 amide bonds.